The summed E-state index contributed by atoms with van der Waals surface area (Å²) in [6.45, 7) is 4.46. The van der Waals surface area contributed by atoms with Crippen LogP contribution in [0.4, 0.5) is 5.69 Å². The molecule has 2 aromatic carbocycles. The SMILES string of the molecule is Cc1cccc(C2CCCN2C(=O)c2nnn(-c3cccc([N+](=O)[O-])c3)c2C)c1. The van der Waals surface area contributed by atoms with Gasteiger partial charge in [0.1, 0.15) is 0 Å². The summed E-state index contributed by atoms with van der Waals surface area (Å²) in [6, 6.07) is 14.4. The van der Waals surface area contributed by atoms with Gasteiger partial charge in [-0.2, -0.15) is 0 Å². The number of nitro benzene ring substituents is 1. The zero-order valence-corrected chi connectivity index (χ0v) is 16.3. The number of carbonyl (C=O) groups excluding carboxylic acids is 1. The minimum absolute atomic E-state index is 0.0183. The van der Waals surface area contributed by atoms with Gasteiger partial charge >= 0.3 is 0 Å². The van der Waals surface area contributed by atoms with Crippen molar-refractivity contribution in [3.8, 4) is 5.69 Å². The van der Waals surface area contributed by atoms with Gasteiger partial charge < -0.3 is 4.90 Å². The number of aromatic nitrogens is 3. The Morgan fingerprint density at radius 3 is 2.72 bits per heavy atom. The minimum atomic E-state index is -0.460. The lowest BCUT2D eigenvalue weighted by Crippen LogP contribution is -2.31. The van der Waals surface area contributed by atoms with E-state index in [1.807, 2.05) is 24.0 Å². The normalized spacial score (nSPS) is 16.2. The van der Waals surface area contributed by atoms with Gasteiger partial charge in [0, 0.05) is 18.7 Å². The number of non-ortho nitro benzene ring substituents is 1. The van der Waals surface area contributed by atoms with Crippen molar-refractivity contribution in [1.82, 2.24) is 19.9 Å². The van der Waals surface area contributed by atoms with Crippen molar-refractivity contribution in [1.29, 1.82) is 0 Å². The molecular formula is C21H21N5O3. The second-order valence-electron chi connectivity index (χ2n) is 7.28. The lowest BCUT2D eigenvalue weighted by molar-refractivity contribution is -0.384. The Balaban J connectivity index is 1.65. The van der Waals surface area contributed by atoms with E-state index < -0.39 is 4.92 Å². The van der Waals surface area contributed by atoms with Crippen molar-refractivity contribution in [2.75, 3.05) is 6.54 Å². The van der Waals surface area contributed by atoms with Crippen LogP contribution in [0.2, 0.25) is 0 Å². The maximum absolute atomic E-state index is 13.3. The highest BCUT2D eigenvalue weighted by atomic mass is 16.6. The van der Waals surface area contributed by atoms with Crippen LogP contribution >= 0.6 is 0 Å². The fourth-order valence-corrected chi connectivity index (χ4v) is 3.88. The maximum atomic E-state index is 13.3. The van der Waals surface area contributed by atoms with E-state index in [1.54, 1.807) is 19.1 Å². The smallest absolute Gasteiger partial charge is 0.276 e. The van der Waals surface area contributed by atoms with Gasteiger partial charge in [0.15, 0.2) is 5.69 Å². The Labute approximate surface area is 167 Å². The van der Waals surface area contributed by atoms with E-state index in [4.69, 9.17) is 0 Å². The van der Waals surface area contributed by atoms with E-state index in [1.165, 1.54) is 16.8 Å². The average Bonchev–Trinajstić information content (AvgIpc) is 3.34. The molecule has 0 bridgehead atoms. The topological polar surface area (TPSA) is 94.2 Å². The van der Waals surface area contributed by atoms with Crippen LogP contribution < -0.4 is 0 Å². The third kappa shape index (κ3) is 3.49. The zero-order valence-electron chi connectivity index (χ0n) is 16.3. The lowest BCUT2D eigenvalue weighted by Gasteiger charge is -2.24. The zero-order chi connectivity index (χ0) is 20.5. The monoisotopic (exact) mass is 391 g/mol. The van der Waals surface area contributed by atoms with E-state index >= 15 is 0 Å². The molecule has 8 nitrogen and oxygen atoms in total. The van der Waals surface area contributed by atoms with Crippen LogP contribution in [-0.2, 0) is 0 Å². The predicted molar refractivity (Wildman–Crippen MR) is 107 cm³/mol. The Kier molecular flexibility index (Phi) is 4.84. The number of amides is 1. The third-order valence-electron chi connectivity index (χ3n) is 5.32. The molecular weight excluding hydrogens is 370 g/mol. The predicted octanol–water partition coefficient (Wildman–Crippen LogP) is 3.77. The number of benzene rings is 2. The molecule has 4 rings (SSSR count). The molecule has 1 unspecified atom stereocenters. The molecule has 148 valence electrons. The van der Waals surface area contributed by atoms with Crippen molar-refractivity contribution < 1.29 is 9.72 Å². The molecule has 8 heteroatoms. The summed E-state index contributed by atoms with van der Waals surface area (Å²) in [5.74, 6) is -0.164. The Bertz CT molecular complexity index is 1090. The summed E-state index contributed by atoms with van der Waals surface area (Å²) >= 11 is 0. The minimum Gasteiger partial charge on any atom is -0.330 e. The molecule has 1 saturated heterocycles. The number of likely N-dealkylation sites (tertiary alicyclic amines) is 1. The van der Waals surface area contributed by atoms with Crippen molar-refractivity contribution in [3.63, 3.8) is 0 Å². The first-order valence-corrected chi connectivity index (χ1v) is 9.50. The van der Waals surface area contributed by atoms with Crippen LogP contribution in [0.25, 0.3) is 5.69 Å². The first-order chi connectivity index (χ1) is 14.0. The van der Waals surface area contributed by atoms with E-state index in [2.05, 4.69) is 22.4 Å². The second kappa shape index (κ2) is 7.46. The maximum Gasteiger partial charge on any atom is 0.276 e. The molecule has 3 aromatic rings. The van der Waals surface area contributed by atoms with Gasteiger partial charge in [-0.15, -0.1) is 5.10 Å². The van der Waals surface area contributed by atoms with Gasteiger partial charge in [0.2, 0.25) is 0 Å². The number of hydrogen-bond donors (Lipinski definition) is 0. The molecule has 0 saturated carbocycles. The third-order valence-corrected chi connectivity index (χ3v) is 5.32. The molecule has 0 N–H and O–H groups in total. The number of nitrogens with zero attached hydrogens (tertiary/aromatic N) is 5. The first kappa shape index (κ1) is 18.8. The van der Waals surface area contributed by atoms with Gasteiger partial charge in [0.05, 0.1) is 22.3 Å². The van der Waals surface area contributed by atoms with Crippen LogP contribution in [-0.4, -0.2) is 37.3 Å². The Hall–Kier alpha value is -3.55. The van der Waals surface area contributed by atoms with E-state index in [0.717, 1.165) is 24.0 Å². The van der Waals surface area contributed by atoms with Gasteiger partial charge in [-0.25, -0.2) is 4.68 Å². The molecule has 0 radical (unpaired) electrons. The van der Waals surface area contributed by atoms with E-state index in [0.29, 0.717) is 17.9 Å². The first-order valence-electron chi connectivity index (χ1n) is 9.50. The number of hydrogen-bond acceptors (Lipinski definition) is 5. The number of carbonyl (C=O) groups is 1. The molecule has 1 atom stereocenters. The fraction of sp³-hybridized carbons (Fsp3) is 0.286. The molecule has 1 aromatic heterocycles. The molecule has 0 spiro atoms. The van der Waals surface area contributed by atoms with E-state index in [9.17, 15) is 14.9 Å². The van der Waals surface area contributed by atoms with Gasteiger partial charge in [-0.1, -0.05) is 41.1 Å². The highest BCUT2D eigenvalue weighted by Crippen LogP contribution is 2.33. The van der Waals surface area contributed by atoms with Crippen LogP contribution in [0.15, 0.2) is 48.5 Å². The van der Waals surface area contributed by atoms with Crippen LogP contribution in [0.5, 0.6) is 0 Å². The summed E-state index contributed by atoms with van der Waals surface area (Å²) in [4.78, 5) is 25.7. The van der Waals surface area contributed by atoms with Crippen molar-refractivity contribution in [2.24, 2.45) is 0 Å². The van der Waals surface area contributed by atoms with Crippen LogP contribution in [0.3, 0.4) is 0 Å². The molecule has 1 aliphatic rings. The Morgan fingerprint density at radius 1 is 1.17 bits per heavy atom. The summed E-state index contributed by atoms with van der Waals surface area (Å²) < 4.78 is 1.47. The standard InChI is InChI=1S/C21H21N5O3/c1-14-6-3-7-16(12-14)19-10-5-11-24(19)21(27)20-15(2)25(23-22-20)17-8-4-9-18(13-17)26(28)29/h3-4,6-9,12-13,19H,5,10-11H2,1-2H3. The molecule has 1 aliphatic heterocycles. The second-order valence-corrected chi connectivity index (χ2v) is 7.28. The Morgan fingerprint density at radius 2 is 1.97 bits per heavy atom. The number of rotatable bonds is 4. The molecule has 2 heterocycles. The van der Waals surface area contributed by atoms with Gasteiger partial charge in [-0.3, -0.25) is 14.9 Å². The molecule has 1 fully saturated rings. The quantitative estimate of drug-likeness (QED) is 0.498. The highest BCUT2D eigenvalue weighted by molar-refractivity contribution is 5.93. The fourth-order valence-electron chi connectivity index (χ4n) is 3.88. The molecule has 1 amide bonds. The largest absolute Gasteiger partial charge is 0.330 e. The number of aryl methyl sites for hydroxylation is 1. The van der Waals surface area contributed by atoms with Crippen LogP contribution in [0.1, 0.15) is 46.2 Å². The summed E-state index contributed by atoms with van der Waals surface area (Å²) in [6.07, 6.45) is 1.84. The van der Waals surface area contributed by atoms with Crippen molar-refractivity contribution >= 4 is 11.6 Å². The molecule has 29 heavy (non-hydrogen) atoms. The summed E-state index contributed by atoms with van der Waals surface area (Å²) in [5.41, 5.74) is 3.58. The highest BCUT2D eigenvalue weighted by Gasteiger charge is 2.33. The summed E-state index contributed by atoms with van der Waals surface area (Å²) in [5, 5.41) is 19.2. The van der Waals surface area contributed by atoms with Gasteiger partial charge in [-0.05, 0) is 38.3 Å². The average molecular weight is 391 g/mol. The van der Waals surface area contributed by atoms with E-state index in [-0.39, 0.29) is 23.3 Å². The molecule has 0 aliphatic carbocycles. The van der Waals surface area contributed by atoms with Gasteiger partial charge in [0.25, 0.3) is 11.6 Å². The lowest BCUT2D eigenvalue weighted by atomic mass is 10.0. The van der Waals surface area contributed by atoms with Crippen LogP contribution in [0, 0.1) is 24.0 Å². The van der Waals surface area contributed by atoms with Crippen molar-refractivity contribution in [2.45, 2.75) is 32.7 Å². The number of nitro groups is 1. The summed E-state index contributed by atoms with van der Waals surface area (Å²) in [7, 11) is 0. The van der Waals surface area contributed by atoms with Crippen molar-refractivity contribution in [3.05, 3.63) is 81.2 Å².